The van der Waals surface area contributed by atoms with Gasteiger partial charge in [-0.25, -0.2) is 5.57 Å². The van der Waals surface area contributed by atoms with Crippen LogP contribution in [0.3, 0.4) is 0 Å². The van der Waals surface area contributed by atoms with Crippen LogP contribution in [0.25, 0.3) is 0 Å². The van der Waals surface area contributed by atoms with E-state index in [2.05, 4.69) is 40.7 Å². The minimum atomic E-state index is 0. The Balaban J connectivity index is -0.000000333. The van der Waals surface area contributed by atoms with Crippen LogP contribution in [0.15, 0.2) is 16.7 Å². The minimum Gasteiger partial charge on any atom is -0.263 e. The maximum atomic E-state index is 3.44. The SMILES string of the molecule is CC1=[C-]C(C)(C)C(C)=C1C.Cl.Cl.[Rh]. The molecular weight excluding hydrogens is 294 g/mol. The summed E-state index contributed by atoms with van der Waals surface area (Å²) >= 11 is 0. The van der Waals surface area contributed by atoms with Crippen LogP contribution in [-0.4, -0.2) is 0 Å². The maximum absolute atomic E-state index is 3.44. The Hall–Kier alpha value is 0.683. The standard InChI is InChI=1S/C10H15.2ClH.Rh/c1-7-6-10(4,5)9(3)8(7)2;;;/h1-5H3;2*1H;/q-1;;;. The first-order chi connectivity index (χ1) is 4.45. The summed E-state index contributed by atoms with van der Waals surface area (Å²) in [4.78, 5) is 0. The number of halogens is 2. The van der Waals surface area contributed by atoms with Crippen molar-refractivity contribution in [2.24, 2.45) is 5.41 Å². The van der Waals surface area contributed by atoms with Crippen molar-refractivity contribution < 1.29 is 19.5 Å². The molecule has 0 aliphatic heterocycles. The molecule has 0 aromatic rings. The van der Waals surface area contributed by atoms with E-state index in [4.69, 9.17) is 0 Å². The van der Waals surface area contributed by atoms with Crippen LogP contribution in [0.1, 0.15) is 34.6 Å². The maximum Gasteiger partial charge on any atom is 0 e. The molecule has 1 radical (unpaired) electrons. The first-order valence-electron chi connectivity index (χ1n) is 3.75. The molecule has 1 rings (SSSR count). The normalized spacial score (nSPS) is 18.1. The molecule has 3 heteroatoms. The van der Waals surface area contributed by atoms with Gasteiger partial charge in [0.15, 0.2) is 0 Å². The molecule has 0 fully saturated rings. The summed E-state index contributed by atoms with van der Waals surface area (Å²) in [7, 11) is 0. The van der Waals surface area contributed by atoms with Crippen LogP contribution in [0.2, 0.25) is 0 Å². The fourth-order valence-electron chi connectivity index (χ4n) is 1.41. The molecule has 81 valence electrons. The quantitative estimate of drug-likeness (QED) is 0.469. The first kappa shape index (κ1) is 19.3. The predicted molar refractivity (Wildman–Crippen MR) is 59.1 cm³/mol. The second kappa shape index (κ2) is 6.22. The van der Waals surface area contributed by atoms with Gasteiger partial charge in [0.2, 0.25) is 0 Å². The zero-order chi connectivity index (χ0) is 7.94. The summed E-state index contributed by atoms with van der Waals surface area (Å²) in [5.74, 6) is 0. The van der Waals surface area contributed by atoms with Gasteiger partial charge in [-0.15, -0.1) is 31.7 Å². The first-order valence-corrected chi connectivity index (χ1v) is 3.75. The molecule has 0 aromatic heterocycles. The van der Waals surface area contributed by atoms with Crippen LogP contribution >= 0.6 is 24.8 Å². The van der Waals surface area contributed by atoms with E-state index in [0.717, 1.165) is 0 Å². The fraction of sp³-hybridized carbons (Fsp3) is 0.600. The molecule has 0 N–H and O–H groups in total. The molecule has 0 saturated heterocycles. The Labute approximate surface area is 107 Å². The Bertz CT molecular complexity index is 227. The average Bonchev–Trinajstić information content (AvgIpc) is 1.95. The van der Waals surface area contributed by atoms with Crippen LogP contribution in [-0.2, 0) is 19.5 Å². The molecule has 0 bridgehead atoms. The summed E-state index contributed by atoms with van der Waals surface area (Å²) in [6.45, 7) is 10.9. The van der Waals surface area contributed by atoms with E-state index >= 15 is 0 Å². The topological polar surface area (TPSA) is 0 Å². The summed E-state index contributed by atoms with van der Waals surface area (Å²) < 4.78 is 0. The molecule has 0 saturated carbocycles. The largest absolute Gasteiger partial charge is 0.263 e. The number of hydrogen-bond acceptors (Lipinski definition) is 0. The number of allylic oxidation sites excluding steroid dienone is 4. The molecule has 1 aliphatic carbocycles. The van der Waals surface area contributed by atoms with Crippen molar-refractivity contribution in [3.63, 3.8) is 0 Å². The Morgan fingerprint density at radius 3 is 1.46 bits per heavy atom. The van der Waals surface area contributed by atoms with Gasteiger partial charge in [0, 0.05) is 19.5 Å². The zero-order valence-corrected chi connectivity index (χ0v) is 11.9. The number of hydrogen-bond donors (Lipinski definition) is 0. The van der Waals surface area contributed by atoms with Gasteiger partial charge in [0.05, 0.1) is 0 Å². The van der Waals surface area contributed by atoms with E-state index in [0.29, 0.717) is 0 Å². The smallest absolute Gasteiger partial charge is 0 e. The van der Waals surface area contributed by atoms with Crippen molar-refractivity contribution in [3.05, 3.63) is 22.8 Å². The van der Waals surface area contributed by atoms with Crippen molar-refractivity contribution in [1.82, 2.24) is 0 Å². The van der Waals surface area contributed by atoms with Gasteiger partial charge in [-0.1, -0.05) is 33.1 Å². The average molecular weight is 311 g/mol. The monoisotopic (exact) mass is 310 g/mol. The van der Waals surface area contributed by atoms with Crippen LogP contribution in [0.4, 0.5) is 0 Å². The van der Waals surface area contributed by atoms with Crippen LogP contribution in [0.5, 0.6) is 0 Å². The summed E-state index contributed by atoms with van der Waals surface area (Å²) in [5.41, 5.74) is 4.39. The summed E-state index contributed by atoms with van der Waals surface area (Å²) in [5, 5.41) is 0. The fourth-order valence-corrected chi connectivity index (χ4v) is 1.41. The predicted octanol–water partition coefficient (Wildman–Crippen LogP) is 3.95. The molecule has 1 aliphatic rings. The minimum absolute atomic E-state index is 0. The Kier molecular flexibility index (Phi) is 9.23. The molecule has 0 heterocycles. The van der Waals surface area contributed by atoms with Crippen molar-refractivity contribution in [2.45, 2.75) is 34.6 Å². The van der Waals surface area contributed by atoms with Crippen molar-refractivity contribution in [3.8, 4) is 0 Å². The van der Waals surface area contributed by atoms with Gasteiger partial charge >= 0.3 is 0 Å². The van der Waals surface area contributed by atoms with E-state index in [9.17, 15) is 0 Å². The van der Waals surface area contributed by atoms with Gasteiger partial charge in [-0.2, -0.15) is 11.1 Å². The molecule has 0 spiro atoms. The van der Waals surface area contributed by atoms with E-state index in [1.54, 1.807) is 0 Å². The van der Waals surface area contributed by atoms with Crippen molar-refractivity contribution >= 4 is 24.8 Å². The van der Waals surface area contributed by atoms with Gasteiger partial charge in [0.25, 0.3) is 0 Å². The second-order valence-corrected chi connectivity index (χ2v) is 3.62. The van der Waals surface area contributed by atoms with E-state index in [-0.39, 0.29) is 49.7 Å². The molecule has 0 atom stereocenters. The van der Waals surface area contributed by atoms with Crippen molar-refractivity contribution in [2.75, 3.05) is 0 Å². The van der Waals surface area contributed by atoms with Crippen LogP contribution < -0.4 is 0 Å². The third-order valence-electron chi connectivity index (χ3n) is 2.56. The molecule has 0 unspecified atom stereocenters. The van der Waals surface area contributed by atoms with Gasteiger partial charge in [-0.05, 0) is 0 Å². The molecule has 0 nitrogen and oxygen atoms in total. The van der Waals surface area contributed by atoms with E-state index < -0.39 is 0 Å². The van der Waals surface area contributed by atoms with Gasteiger partial charge in [-0.3, -0.25) is 6.08 Å². The van der Waals surface area contributed by atoms with Crippen molar-refractivity contribution in [1.29, 1.82) is 0 Å². The molecule has 0 amide bonds. The summed E-state index contributed by atoms with van der Waals surface area (Å²) in [6, 6.07) is 0. The van der Waals surface area contributed by atoms with E-state index in [1.807, 2.05) is 0 Å². The molecule has 0 aromatic carbocycles. The second-order valence-electron chi connectivity index (χ2n) is 3.62. The third-order valence-corrected chi connectivity index (χ3v) is 2.56. The molecular formula is C10H17Cl2Rh-. The third kappa shape index (κ3) is 3.74. The Morgan fingerprint density at radius 2 is 1.38 bits per heavy atom. The molecule has 13 heavy (non-hydrogen) atoms. The van der Waals surface area contributed by atoms with Gasteiger partial charge in [0.1, 0.15) is 0 Å². The van der Waals surface area contributed by atoms with Gasteiger partial charge < -0.3 is 0 Å². The number of rotatable bonds is 0. The van der Waals surface area contributed by atoms with E-state index in [1.165, 1.54) is 16.7 Å². The zero-order valence-electron chi connectivity index (χ0n) is 8.65. The summed E-state index contributed by atoms with van der Waals surface area (Å²) in [6.07, 6.45) is 3.44. The Morgan fingerprint density at radius 1 is 1.00 bits per heavy atom. The van der Waals surface area contributed by atoms with Crippen LogP contribution in [0, 0.1) is 11.5 Å².